The van der Waals surface area contributed by atoms with Gasteiger partial charge in [0, 0.05) is 11.6 Å². The lowest BCUT2D eigenvalue weighted by Gasteiger charge is -2.17. The number of rotatable bonds is 7. The average Bonchev–Trinajstić information content (AvgIpc) is 2.89. The van der Waals surface area contributed by atoms with Crippen molar-refractivity contribution in [1.29, 1.82) is 0 Å². The van der Waals surface area contributed by atoms with E-state index in [-0.39, 0.29) is 11.9 Å². The molecule has 0 aliphatic carbocycles. The Hall–Kier alpha value is -1.49. The van der Waals surface area contributed by atoms with Crippen LogP contribution in [0.15, 0.2) is 27.8 Å². The third kappa shape index (κ3) is 4.00. The molecule has 0 bridgehead atoms. The van der Waals surface area contributed by atoms with E-state index in [9.17, 15) is 4.79 Å². The molecule has 0 atom stereocenters. The maximum atomic E-state index is 12.4. The molecule has 1 N–H and O–H groups in total. The van der Waals surface area contributed by atoms with Crippen molar-refractivity contribution < 1.29 is 9.21 Å². The number of nitrogens with one attached hydrogen (secondary N) is 1. The Morgan fingerprint density at radius 1 is 1.33 bits per heavy atom. The first-order valence-corrected chi connectivity index (χ1v) is 8.65. The number of carbonyl (C=O) groups excluding carboxylic acids is 1. The van der Waals surface area contributed by atoms with Gasteiger partial charge in [-0.05, 0) is 37.3 Å². The number of carbonyl (C=O) groups is 1. The lowest BCUT2D eigenvalue weighted by Crippen LogP contribution is -2.34. The van der Waals surface area contributed by atoms with Gasteiger partial charge in [0.15, 0.2) is 5.58 Å². The molecule has 0 radical (unpaired) electrons. The zero-order chi connectivity index (χ0) is 15.2. The predicted octanol–water partition coefficient (Wildman–Crippen LogP) is 4.25. The summed E-state index contributed by atoms with van der Waals surface area (Å²) in [4.78, 5) is 16.7. The van der Waals surface area contributed by atoms with Crippen molar-refractivity contribution in [1.82, 2.24) is 10.3 Å². The molecule has 0 saturated heterocycles. The minimum Gasteiger partial charge on any atom is -0.431 e. The monoisotopic (exact) mass is 306 g/mol. The molecule has 1 aromatic carbocycles. The van der Waals surface area contributed by atoms with Crippen LogP contribution in [0.3, 0.4) is 0 Å². The Bertz CT molecular complexity index is 603. The van der Waals surface area contributed by atoms with Crippen LogP contribution < -0.4 is 5.32 Å². The number of aromatic nitrogens is 1. The predicted molar refractivity (Wildman–Crippen MR) is 86.9 cm³/mol. The second-order valence-corrected chi connectivity index (χ2v) is 5.87. The molecule has 2 rings (SSSR count). The van der Waals surface area contributed by atoms with E-state index in [1.165, 1.54) is 11.8 Å². The number of hydrogen-bond donors (Lipinski definition) is 1. The molecule has 0 saturated carbocycles. The number of amides is 1. The standard InChI is InChI=1S/C16H22N2O2S/c1-4-6-12(7-5-2)17-15(19)11-8-9-14-13(10-11)18-16(20-14)21-3/h8-10,12H,4-7H2,1-3H3,(H,17,19). The SMILES string of the molecule is CCCC(CCC)NC(=O)c1ccc2oc(SC)nc2c1. The van der Waals surface area contributed by atoms with E-state index in [0.717, 1.165) is 36.8 Å². The Morgan fingerprint density at radius 2 is 2.05 bits per heavy atom. The van der Waals surface area contributed by atoms with Gasteiger partial charge in [0.05, 0.1) is 0 Å². The van der Waals surface area contributed by atoms with Crippen LogP contribution in [0, 0.1) is 0 Å². The van der Waals surface area contributed by atoms with E-state index in [4.69, 9.17) is 4.42 Å². The second-order valence-electron chi connectivity index (χ2n) is 5.11. The van der Waals surface area contributed by atoms with Crippen LogP contribution in [-0.4, -0.2) is 23.2 Å². The molecule has 1 aromatic heterocycles. The summed E-state index contributed by atoms with van der Waals surface area (Å²) >= 11 is 1.45. The van der Waals surface area contributed by atoms with E-state index >= 15 is 0 Å². The lowest BCUT2D eigenvalue weighted by molar-refractivity contribution is 0.0932. The Balaban J connectivity index is 2.14. The molecule has 21 heavy (non-hydrogen) atoms. The molecule has 1 heterocycles. The van der Waals surface area contributed by atoms with Crippen LogP contribution in [0.25, 0.3) is 11.1 Å². The molecule has 0 aliphatic heterocycles. The Morgan fingerprint density at radius 3 is 2.67 bits per heavy atom. The summed E-state index contributed by atoms with van der Waals surface area (Å²) in [5, 5.41) is 3.74. The highest BCUT2D eigenvalue weighted by Gasteiger charge is 2.14. The first-order chi connectivity index (χ1) is 10.2. The highest BCUT2D eigenvalue weighted by molar-refractivity contribution is 7.98. The summed E-state index contributed by atoms with van der Waals surface area (Å²) in [5.74, 6) is -0.0301. The van der Waals surface area contributed by atoms with Gasteiger partial charge in [0.2, 0.25) is 0 Å². The highest BCUT2D eigenvalue weighted by atomic mass is 32.2. The number of thioether (sulfide) groups is 1. The van der Waals surface area contributed by atoms with E-state index in [1.807, 2.05) is 12.3 Å². The van der Waals surface area contributed by atoms with Crippen LogP contribution in [0.5, 0.6) is 0 Å². The normalized spacial score (nSPS) is 11.2. The first-order valence-electron chi connectivity index (χ1n) is 7.43. The molecule has 114 valence electrons. The molecule has 0 unspecified atom stereocenters. The topological polar surface area (TPSA) is 55.1 Å². The fraction of sp³-hybridized carbons (Fsp3) is 0.500. The zero-order valence-electron chi connectivity index (χ0n) is 12.8. The average molecular weight is 306 g/mol. The van der Waals surface area contributed by atoms with Crippen LogP contribution in [0.4, 0.5) is 0 Å². The zero-order valence-corrected chi connectivity index (χ0v) is 13.6. The minimum atomic E-state index is -0.0301. The number of fused-ring (bicyclic) bond motifs is 1. The molecule has 4 nitrogen and oxygen atoms in total. The Labute approximate surface area is 129 Å². The van der Waals surface area contributed by atoms with Crippen LogP contribution in [0.2, 0.25) is 0 Å². The first kappa shape index (κ1) is 15.9. The van der Waals surface area contributed by atoms with Gasteiger partial charge in [-0.2, -0.15) is 0 Å². The van der Waals surface area contributed by atoms with Gasteiger partial charge in [-0.25, -0.2) is 4.98 Å². The van der Waals surface area contributed by atoms with E-state index < -0.39 is 0 Å². The number of oxazole rings is 1. The van der Waals surface area contributed by atoms with Crippen LogP contribution >= 0.6 is 11.8 Å². The maximum Gasteiger partial charge on any atom is 0.256 e. The third-order valence-electron chi connectivity index (χ3n) is 3.41. The molecule has 2 aromatic rings. The van der Waals surface area contributed by atoms with Gasteiger partial charge >= 0.3 is 0 Å². The van der Waals surface area contributed by atoms with Gasteiger partial charge < -0.3 is 9.73 Å². The summed E-state index contributed by atoms with van der Waals surface area (Å²) in [6.45, 7) is 4.28. The maximum absolute atomic E-state index is 12.4. The van der Waals surface area contributed by atoms with E-state index in [2.05, 4.69) is 24.1 Å². The van der Waals surface area contributed by atoms with Gasteiger partial charge in [-0.3, -0.25) is 4.79 Å². The van der Waals surface area contributed by atoms with Crippen molar-refractivity contribution in [2.45, 2.75) is 50.8 Å². The second kappa shape index (κ2) is 7.50. The minimum absolute atomic E-state index is 0.0301. The lowest BCUT2D eigenvalue weighted by atomic mass is 10.1. The molecule has 0 aliphatic rings. The Kier molecular flexibility index (Phi) is 5.67. The smallest absolute Gasteiger partial charge is 0.256 e. The number of hydrogen-bond acceptors (Lipinski definition) is 4. The van der Waals surface area contributed by atoms with Gasteiger partial charge in [0.1, 0.15) is 5.52 Å². The summed E-state index contributed by atoms with van der Waals surface area (Å²) < 4.78 is 5.53. The summed E-state index contributed by atoms with van der Waals surface area (Å²) in [6, 6.07) is 5.65. The van der Waals surface area contributed by atoms with E-state index in [1.54, 1.807) is 12.1 Å². The molecular formula is C16H22N2O2S. The molecular weight excluding hydrogens is 284 g/mol. The summed E-state index contributed by atoms with van der Waals surface area (Å²) in [5.41, 5.74) is 2.09. The van der Waals surface area contributed by atoms with Crippen molar-refractivity contribution in [3.63, 3.8) is 0 Å². The van der Waals surface area contributed by atoms with Gasteiger partial charge in [-0.1, -0.05) is 38.5 Å². The quantitative estimate of drug-likeness (QED) is 0.777. The number of benzene rings is 1. The van der Waals surface area contributed by atoms with Crippen LogP contribution in [0.1, 0.15) is 49.9 Å². The highest BCUT2D eigenvalue weighted by Crippen LogP contribution is 2.22. The van der Waals surface area contributed by atoms with Crippen molar-refractivity contribution in [3.8, 4) is 0 Å². The van der Waals surface area contributed by atoms with Gasteiger partial charge in [-0.15, -0.1) is 0 Å². The fourth-order valence-electron chi connectivity index (χ4n) is 2.39. The van der Waals surface area contributed by atoms with Crippen LogP contribution in [-0.2, 0) is 0 Å². The molecule has 0 spiro atoms. The summed E-state index contributed by atoms with van der Waals surface area (Å²) in [6.07, 6.45) is 6.10. The van der Waals surface area contributed by atoms with Gasteiger partial charge in [0.25, 0.3) is 11.1 Å². The fourth-order valence-corrected chi connectivity index (χ4v) is 2.75. The van der Waals surface area contributed by atoms with Crippen molar-refractivity contribution in [3.05, 3.63) is 23.8 Å². The van der Waals surface area contributed by atoms with Crippen molar-refractivity contribution in [2.24, 2.45) is 0 Å². The largest absolute Gasteiger partial charge is 0.431 e. The molecule has 1 amide bonds. The summed E-state index contributed by atoms with van der Waals surface area (Å²) in [7, 11) is 0. The molecule has 0 fully saturated rings. The molecule has 5 heteroatoms. The third-order valence-corrected chi connectivity index (χ3v) is 3.94. The van der Waals surface area contributed by atoms with Crippen molar-refractivity contribution >= 4 is 28.8 Å². The van der Waals surface area contributed by atoms with E-state index in [0.29, 0.717) is 10.8 Å². The number of nitrogens with zero attached hydrogens (tertiary/aromatic N) is 1. The van der Waals surface area contributed by atoms with Crippen molar-refractivity contribution in [2.75, 3.05) is 6.26 Å².